The minimum absolute atomic E-state index is 0.236. The number of hydrogen-bond donors (Lipinski definition) is 1. The van der Waals surface area contributed by atoms with Gasteiger partial charge in [0.2, 0.25) is 0 Å². The zero-order valence-corrected chi connectivity index (χ0v) is 12.6. The number of rotatable bonds is 6. The second-order valence-electron chi connectivity index (χ2n) is 5.17. The molecular formula is C17H18N2O3. The summed E-state index contributed by atoms with van der Waals surface area (Å²) < 4.78 is 5.82. The third-order valence-electron chi connectivity index (χ3n) is 3.45. The molecule has 114 valence electrons. The van der Waals surface area contributed by atoms with Crippen molar-refractivity contribution in [3.8, 4) is 5.75 Å². The van der Waals surface area contributed by atoms with E-state index in [-0.39, 0.29) is 6.61 Å². The van der Waals surface area contributed by atoms with Crippen molar-refractivity contribution in [2.45, 2.75) is 26.5 Å². The molecule has 5 heteroatoms. The summed E-state index contributed by atoms with van der Waals surface area (Å²) in [5.41, 5.74) is 8.53. The molecule has 1 atom stereocenters. The number of ether oxygens (including phenoxy) is 1. The Morgan fingerprint density at radius 2 is 1.95 bits per heavy atom. The predicted octanol–water partition coefficient (Wildman–Crippen LogP) is 3.18. The van der Waals surface area contributed by atoms with Crippen LogP contribution < -0.4 is 10.5 Å². The van der Waals surface area contributed by atoms with Crippen LogP contribution in [0.15, 0.2) is 47.6 Å². The molecular weight excluding hydrogens is 280 g/mol. The maximum atomic E-state index is 11.3. The Balaban J connectivity index is 2.25. The molecule has 0 radical (unpaired) electrons. The second-order valence-corrected chi connectivity index (χ2v) is 5.17. The van der Waals surface area contributed by atoms with Crippen LogP contribution in [0.2, 0.25) is 0 Å². The van der Waals surface area contributed by atoms with Gasteiger partial charge in [-0.05, 0) is 42.2 Å². The topological polar surface area (TPSA) is 81.8 Å². The van der Waals surface area contributed by atoms with Gasteiger partial charge in [0.1, 0.15) is 12.4 Å². The average Bonchev–Trinajstić information content (AvgIpc) is 2.50. The second kappa shape index (κ2) is 6.85. The normalized spacial score (nSPS) is 11.7. The van der Waals surface area contributed by atoms with E-state index in [4.69, 9.17) is 10.5 Å². The Kier molecular flexibility index (Phi) is 4.88. The zero-order chi connectivity index (χ0) is 16.1. The van der Waals surface area contributed by atoms with Gasteiger partial charge in [-0.3, -0.25) is 4.79 Å². The number of amides is 1. The highest BCUT2D eigenvalue weighted by atomic mass is 16.5. The van der Waals surface area contributed by atoms with E-state index in [1.165, 1.54) is 0 Å². The van der Waals surface area contributed by atoms with Gasteiger partial charge in [-0.15, -0.1) is 4.91 Å². The molecule has 0 aliphatic rings. The van der Waals surface area contributed by atoms with Gasteiger partial charge >= 0.3 is 0 Å². The maximum absolute atomic E-state index is 11.3. The van der Waals surface area contributed by atoms with Crippen molar-refractivity contribution < 1.29 is 9.53 Å². The van der Waals surface area contributed by atoms with E-state index < -0.39 is 11.9 Å². The Labute approximate surface area is 129 Å². The molecule has 2 aromatic carbocycles. The first-order valence-electron chi connectivity index (χ1n) is 6.92. The van der Waals surface area contributed by atoms with Gasteiger partial charge in [0.05, 0.1) is 0 Å². The summed E-state index contributed by atoms with van der Waals surface area (Å²) in [5.74, 6) is -0.00123. The molecule has 0 saturated heterocycles. The third-order valence-corrected chi connectivity index (χ3v) is 3.45. The standard InChI is InChI=1S/C17H18N2O3/c1-11-7-8-12(2)15(9-11)22-10-13-5-3-4-6-14(13)16(19-21)17(18)20/h3-9,16H,10H2,1-2H3,(H2,18,20). The molecule has 0 aromatic heterocycles. The van der Waals surface area contributed by atoms with Crippen LogP contribution in [-0.4, -0.2) is 5.91 Å². The SMILES string of the molecule is Cc1ccc(C)c(OCc2ccccc2C(N=O)C(N)=O)c1. The van der Waals surface area contributed by atoms with E-state index >= 15 is 0 Å². The summed E-state index contributed by atoms with van der Waals surface area (Å²) >= 11 is 0. The molecule has 0 aliphatic heterocycles. The summed E-state index contributed by atoms with van der Waals surface area (Å²) in [6.07, 6.45) is 0. The van der Waals surface area contributed by atoms with E-state index in [0.717, 1.165) is 16.9 Å². The van der Waals surface area contributed by atoms with E-state index in [1.807, 2.05) is 38.1 Å². The number of nitrogens with two attached hydrogens (primary N) is 1. The molecule has 0 aliphatic carbocycles. The fourth-order valence-electron chi connectivity index (χ4n) is 2.21. The highest BCUT2D eigenvalue weighted by molar-refractivity contribution is 5.82. The van der Waals surface area contributed by atoms with Crippen LogP contribution in [0.5, 0.6) is 5.75 Å². The van der Waals surface area contributed by atoms with E-state index in [2.05, 4.69) is 5.18 Å². The molecule has 0 fully saturated rings. The van der Waals surface area contributed by atoms with Crippen LogP contribution >= 0.6 is 0 Å². The highest BCUT2D eigenvalue weighted by Crippen LogP contribution is 2.25. The van der Waals surface area contributed by atoms with Crippen LogP contribution in [-0.2, 0) is 11.4 Å². The third kappa shape index (κ3) is 3.49. The molecule has 0 bridgehead atoms. The van der Waals surface area contributed by atoms with E-state index in [0.29, 0.717) is 11.1 Å². The Bertz CT molecular complexity index is 698. The van der Waals surface area contributed by atoms with Crippen LogP contribution in [0.25, 0.3) is 0 Å². The van der Waals surface area contributed by atoms with Gasteiger partial charge in [-0.1, -0.05) is 41.6 Å². The summed E-state index contributed by atoms with van der Waals surface area (Å²) in [4.78, 5) is 22.2. The first-order chi connectivity index (χ1) is 10.5. The minimum Gasteiger partial charge on any atom is -0.489 e. The van der Waals surface area contributed by atoms with Crippen molar-refractivity contribution >= 4 is 5.91 Å². The molecule has 5 nitrogen and oxygen atoms in total. The number of nitrogens with zero attached hydrogens (tertiary/aromatic N) is 1. The molecule has 1 unspecified atom stereocenters. The predicted molar refractivity (Wildman–Crippen MR) is 84.4 cm³/mol. The molecule has 2 aromatic rings. The molecule has 0 saturated carbocycles. The van der Waals surface area contributed by atoms with Crippen molar-refractivity contribution in [2.24, 2.45) is 10.9 Å². The first-order valence-corrected chi connectivity index (χ1v) is 6.92. The number of hydrogen-bond acceptors (Lipinski definition) is 4. The summed E-state index contributed by atoms with van der Waals surface area (Å²) in [6.45, 7) is 4.18. The van der Waals surface area contributed by atoms with Crippen LogP contribution in [0.3, 0.4) is 0 Å². The fraction of sp³-hybridized carbons (Fsp3) is 0.235. The lowest BCUT2D eigenvalue weighted by Crippen LogP contribution is -2.21. The number of benzene rings is 2. The fourth-order valence-corrected chi connectivity index (χ4v) is 2.21. The smallest absolute Gasteiger partial charge is 0.250 e. The van der Waals surface area contributed by atoms with Crippen LogP contribution in [0.1, 0.15) is 28.3 Å². The lowest BCUT2D eigenvalue weighted by Gasteiger charge is -2.14. The quantitative estimate of drug-likeness (QED) is 0.831. The lowest BCUT2D eigenvalue weighted by atomic mass is 10.0. The number of nitroso groups, excluding NO2 is 1. The molecule has 22 heavy (non-hydrogen) atoms. The first kappa shape index (κ1) is 15.7. The number of carbonyl (C=O) groups is 1. The van der Waals surface area contributed by atoms with Crippen LogP contribution in [0, 0.1) is 18.8 Å². The largest absolute Gasteiger partial charge is 0.489 e. The number of aryl methyl sites for hydroxylation is 2. The van der Waals surface area contributed by atoms with E-state index in [9.17, 15) is 9.70 Å². The van der Waals surface area contributed by atoms with Gasteiger partial charge < -0.3 is 10.5 Å². The number of carbonyl (C=O) groups excluding carboxylic acids is 1. The molecule has 0 heterocycles. The van der Waals surface area contributed by atoms with Gasteiger partial charge in [0.15, 0.2) is 6.04 Å². The summed E-state index contributed by atoms with van der Waals surface area (Å²) in [5, 5.41) is 2.83. The van der Waals surface area contributed by atoms with Gasteiger partial charge in [0, 0.05) is 0 Å². The zero-order valence-electron chi connectivity index (χ0n) is 12.6. The highest BCUT2D eigenvalue weighted by Gasteiger charge is 2.21. The summed E-state index contributed by atoms with van der Waals surface area (Å²) in [7, 11) is 0. The average molecular weight is 298 g/mol. The van der Waals surface area contributed by atoms with Crippen LogP contribution in [0.4, 0.5) is 0 Å². The van der Waals surface area contributed by atoms with Crippen molar-refractivity contribution in [3.05, 3.63) is 69.6 Å². The molecule has 1 amide bonds. The summed E-state index contributed by atoms with van der Waals surface area (Å²) in [6, 6.07) is 11.7. The lowest BCUT2D eigenvalue weighted by molar-refractivity contribution is -0.119. The molecule has 2 N–H and O–H groups in total. The van der Waals surface area contributed by atoms with Gasteiger partial charge in [-0.25, -0.2) is 0 Å². The van der Waals surface area contributed by atoms with Crippen molar-refractivity contribution in [1.82, 2.24) is 0 Å². The maximum Gasteiger partial charge on any atom is 0.250 e. The monoisotopic (exact) mass is 298 g/mol. The Morgan fingerprint density at radius 3 is 2.64 bits per heavy atom. The molecule has 2 rings (SSSR count). The molecule has 0 spiro atoms. The van der Waals surface area contributed by atoms with E-state index in [1.54, 1.807) is 18.2 Å². The minimum atomic E-state index is -1.20. The van der Waals surface area contributed by atoms with Crippen molar-refractivity contribution in [3.63, 3.8) is 0 Å². The Hall–Kier alpha value is -2.69. The van der Waals surface area contributed by atoms with Crippen molar-refractivity contribution in [2.75, 3.05) is 0 Å². The van der Waals surface area contributed by atoms with Gasteiger partial charge in [0.25, 0.3) is 5.91 Å². The van der Waals surface area contributed by atoms with Crippen molar-refractivity contribution in [1.29, 1.82) is 0 Å². The number of primary amides is 1. The Morgan fingerprint density at radius 1 is 1.23 bits per heavy atom. The van der Waals surface area contributed by atoms with Gasteiger partial charge in [-0.2, -0.15) is 0 Å².